The molecule has 1 saturated heterocycles. The normalized spacial score (nSPS) is 17.1. The number of nitrogens with one attached hydrogen (secondary N) is 2. The van der Waals surface area contributed by atoms with Gasteiger partial charge in [0.2, 0.25) is 5.91 Å². The van der Waals surface area contributed by atoms with Crippen molar-refractivity contribution in [3.8, 4) is 0 Å². The lowest BCUT2D eigenvalue weighted by Gasteiger charge is -2.32. The lowest BCUT2D eigenvalue weighted by atomic mass is 10.3. The molecule has 0 aromatic carbocycles. The molecule has 0 atom stereocenters. The number of ether oxygens (including phenoxy) is 1. The van der Waals surface area contributed by atoms with Gasteiger partial charge in [0.15, 0.2) is 0 Å². The first-order valence-electron chi connectivity index (χ1n) is 6.60. The Hall–Kier alpha value is -0.690. The van der Waals surface area contributed by atoms with Gasteiger partial charge >= 0.3 is 0 Å². The van der Waals surface area contributed by atoms with Crippen LogP contribution in [-0.4, -0.2) is 88.8 Å². The summed E-state index contributed by atoms with van der Waals surface area (Å²) in [6.45, 7) is 7.34. The van der Waals surface area contributed by atoms with Gasteiger partial charge in [-0.05, 0) is 7.05 Å². The molecule has 2 N–H and O–H groups in total. The van der Waals surface area contributed by atoms with Gasteiger partial charge in [0.25, 0.3) is 0 Å². The van der Waals surface area contributed by atoms with Gasteiger partial charge in [-0.3, -0.25) is 4.79 Å². The molecule has 0 saturated carbocycles. The maximum absolute atomic E-state index is 11.8. The molecule has 1 aliphatic heterocycles. The molecule has 0 aromatic heterocycles. The number of amides is 1. The fourth-order valence-corrected chi connectivity index (χ4v) is 1.84. The second kappa shape index (κ2) is 9.27. The number of likely N-dealkylation sites (N-methyl/N-ethyl adjacent to an activating group) is 1. The summed E-state index contributed by atoms with van der Waals surface area (Å²) in [7, 11) is 3.78. The van der Waals surface area contributed by atoms with Crippen LogP contribution in [0.15, 0.2) is 0 Å². The van der Waals surface area contributed by atoms with E-state index in [0.717, 1.165) is 52.4 Å². The van der Waals surface area contributed by atoms with Crippen LogP contribution in [-0.2, 0) is 9.53 Å². The summed E-state index contributed by atoms with van der Waals surface area (Å²) < 4.78 is 4.93. The predicted molar refractivity (Wildman–Crippen MR) is 71.7 cm³/mol. The molecule has 106 valence electrons. The highest BCUT2D eigenvalue weighted by Crippen LogP contribution is 1.98. The van der Waals surface area contributed by atoms with Crippen LogP contribution in [0, 0.1) is 0 Å². The van der Waals surface area contributed by atoms with Crippen LogP contribution in [0.4, 0.5) is 0 Å². The van der Waals surface area contributed by atoms with E-state index >= 15 is 0 Å². The van der Waals surface area contributed by atoms with Crippen molar-refractivity contribution in [2.75, 3.05) is 73.1 Å². The fraction of sp³-hybridized carbons (Fsp3) is 0.917. The second-order valence-corrected chi connectivity index (χ2v) is 4.60. The summed E-state index contributed by atoms with van der Waals surface area (Å²) in [5.74, 6) is 0.208. The Morgan fingerprint density at radius 3 is 2.44 bits per heavy atom. The molecule has 1 aliphatic rings. The van der Waals surface area contributed by atoms with Gasteiger partial charge in [0, 0.05) is 52.9 Å². The highest BCUT2D eigenvalue weighted by molar-refractivity contribution is 5.78. The van der Waals surface area contributed by atoms with E-state index < -0.39 is 0 Å². The van der Waals surface area contributed by atoms with Gasteiger partial charge in [0.05, 0.1) is 13.2 Å². The van der Waals surface area contributed by atoms with E-state index in [1.54, 1.807) is 7.11 Å². The molecule has 0 bridgehead atoms. The Labute approximate surface area is 110 Å². The van der Waals surface area contributed by atoms with Crippen LogP contribution in [0.2, 0.25) is 0 Å². The van der Waals surface area contributed by atoms with Crippen LogP contribution in [0.25, 0.3) is 0 Å². The van der Waals surface area contributed by atoms with Gasteiger partial charge < -0.3 is 25.2 Å². The minimum Gasteiger partial charge on any atom is -0.383 e. The number of rotatable bonds is 8. The number of hydrogen-bond donors (Lipinski definition) is 2. The van der Waals surface area contributed by atoms with Crippen LogP contribution < -0.4 is 10.6 Å². The number of methoxy groups -OCH3 is 1. The van der Waals surface area contributed by atoms with E-state index in [1.807, 2.05) is 4.90 Å². The summed E-state index contributed by atoms with van der Waals surface area (Å²) in [5.41, 5.74) is 0. The largest absolute Gasteiger partial charge is 0.383 e. The van der Waals surface area contributed by atoms with Crippen molar-refractivity contribution < 1.29 is 9.53 Å². The van der Waals surface area contributed by atoms with Crippen molar-refractivity contribution in [2.24, 2.45) is 0 Å². The van der Waals surface area contributed by atoms with E-state index in [9.17, 15) is 4.79 Å². The third-order valence-electron chi connectivity index (χ3n) is 3.09. The number of piperazine rings is 1. The topological polar surface area (TPSA) is 56.8 Å². The van der Waals surface area contributed by atoms with Crippen molar-refractivity contribution in [1.82, 2.24) is 20.4 Å². The predicted octanol–water partition coefficient (Wildman–Crippen LogP) is -1.41. The van der Waals surface area contributed by atoms with Crippen molar-refractivity contribution in [2.45, 2.75) is 0 Å². The molecule has 0 aromatic rings. The zero-order valence-corrected chi connectivity index (χ0v) is 11.6. The summed E-state index contributed by atoms with van der Waals surface area (Å²) in [4.78, 5) is 16.0. The first-order chi connectivity index (χ1) is 8.74. The molecule has 0 aliphatic carbocycles. The van der Waals surface area contributed by atoms with Crippen molar-refractivity contribution in [3.63, 3.8) is 0 Å². The van der Waals surface area contributed by atoms with E-state index in [2.05, 4.69) is 22.6 Å². The van der Waals surface area contributed by atoms with Gasteiger partial charge in [-0.1, -0.05) is 0 Å². The van der Waals surface area contributed by atoms with Gasteiger partial charge in [0.1, 0.15) is 0 Å². The zero-order valence-electron chi connectivity index (χ0n) is 11.6. The molecule has 0 spiro atoms. The molecule has 0 unspecified atom stereocenters. The molecule has 18 heavy (non-hydrogen) atoms. The molecular weight excluding hydrogens is 232 g/mol. The lowest BCUT2D eigenvalue weighted by molar-refractivity contribution is -0.131. The summed E-state index contributed by atoms with van der Waals surface area (Å²) in [5, 5.41) is 6.39. The Morgan fingerprint density at radius 1 is 1.11 bits per heavy atom. The van der Waals surface area contributed by atoms with Crippen LogP contribution in [0.3, 0.4) is 0 Å². The Kier molecular flexibility index (Phi) is 7.91. The number of nitrogens with zero attached hydrogens (tertiary/aromatic N) is 2. The third-order valence-corrected chi connectivity index (χ3v) is 3.09. The number of carbonyl (C=O) groups excluding carboxylic acids is 1. The monoisotopic (exact) mass is 258 g/mol. The second-order valence-electron chi connectivity index (χ2n) is 4.60. The zero-order chi connectivity index (χ0) is 13.2. The summed E-state index contributed by atoms with van der Waals surface area (Å²) in [6, 6.07) is 0. The minimum atomic E-state index is 0.208. The van der Waals surface area contributed by atoms with Crippen LogP contribution >= 0.6 is 0 Å². The van der Waals surface area contributed by atoms with E-state index in [0.29, 0.717) is 6.54 Å². The van der Waals surface area contributed by atoms with Gasteiger partial charge in [-0.2, -0.15) is 0 Å². The first-order valence-corrected chi connectivity index (χ1v) is 6.60. The van der Waals surface area contributed by atoms with Gasteiger partial charge in [-0.25, -0.2) is 0 Å². The van der Waals surface area contributed by atoms with Crippen LogP contribution in [0.1, 0.15) is 0 Å². The standard InChI is InChI=1S/C12H26N4O2/c1-15-6-8-16(9-7-15)12(17)11-14-4-3-13-5-10-18-2/h13-14H,3-11H2,1-2H3. The third kappa shape index (κ3) is 6.30. The Bertz CT molecular complexity index is 230. The van der Waals surface area contributed by atoms with Crippen molar-refractivity contribution >= 4 is 5.91 Å². The summed E-state index contributed by atoms with van der Waals surface area (Å²) in [6.07, 6.45) is 0. The Morgan fingerprint density at radius 2 is 1.78 bits per heavy atom. The highest BCUT2D eigenvalue weighted by Gasteiger charge is 2.17. The molecule has 6 nitrogen and oxygen atoms in total. The maximum atomic E-state index is 11.8. The SMILES string of the molecule is COCCNCCNCC(=O)N1CCN(C)CC1. The van der Waals surface area contributed by atoms with Crippen molar-refractivity contribution in [3.05, 3.63) is 0 Å². The maximum Gasteiger partial charge on any atom is 0.236 e. The van der Waals surface area contributed by atoms with Crippen LogP contribution in [0.5, 0.6) is 0 Å². The number of carbonyl (C=O) groups is 1. The highest BCUT2D eigenvalue weighted by atomic mass is 16.5. The summed E-state index contributed by atoms with van der Waals surface area (Å²) >= 11 is 0. The molecule has 6 heteroatoms. The average molecular weight is 258 g/mol. The van der Waals surface area contributed by atoms with E-state index in [1.165, 1.54) is 0 Å². The molecule has 1 heterocycles. The molecular formula is C12H26N4O2. The fourth-order valence-electron chi connectivity index (χ4n) is 1.84. The molecule has 1 fully saturated rings. The molecule has 0 radical (unpaired) electrons. The lowest BCUT2D eigenvalue weighted by Crippen LogP contribution is -2.49. The minimum absolute atomic E-state index is 0.208. The van der Waals surface area contributed by atoms with E-state index in [4.69, 9.17) is 4.74 Å². The smallest absolute Gasteiger partial charge is 0.236 e. The van der Waals surface area contributed by atoms with Crippen molar-refractivity contribution in [1.29, 1.82) is 0 Å². The van der Waals surface area contributed by atoms with Gasteiger partial charge in [-0.15, -0.1) is 0 Å². The quantitative estimate of drug-likeness (QED) is 0.524. The van der Waals surface area contributed by atoms with E-state index in [-0.39, 0.29) is 5.91 Å². The molecule has 1 amide bonds. The Balaban J connectivity index is 1.96. The average Bonchev–Trinajstić information content (AvgIpc) is 2.38. The molecule has 1 rings (SSSR count). The first kappa shape index (κ1) is 15.4. The number of hydrogen-bond acceptors (Lipinski definition) is 5.